The van der Waals surface area contributed by atoms with Crippen LogP contribution in [0, 0.1) is 0 Å². The Kier molecular flexibility index (Phi) is 3.40. The van der Waals surface area contributed by atoms with Crippen LogP contribution in [0.1, 0.15) is 29.8 Å². The van der Waals surface area contributed by atoms with Crippen molar-refractivity contribution in [2.45, 2.75) is 20.3 Å². The lowest BCUT2D eigenvalue weighted by Crippen LogP contribution is -2.04. The fourth-order valence-electron chi connectivity index (χ4n) is 1.50. The zero-order chi connectivity index (χ0) is 10.6. The number of Topliss-reactive ketones (excluding diaryl/α,β-unsaturated/α-hetero) is 1. The average Bonchev–Trinajstić information content (AvgIpc) is 2.18. The highest BCUT2D eigenvalue weighted by atomic mass is 16.1. The summed E-state index contributed by atoms with van der Waals surface area (Å²) in [4.78, 5) is 21.6. The molecule has 0 aliphatic rings. The summed E-state index contributed by atoms with van der Waals surface area (Å²) in [5.74, 6) is 0.0244. The molecule has 0 radical (unpaired) electrons. The molecule has 1 aromatic rings. The average molecular weight is 191 g/mol. The Morgan fingerprint density at radius 3 is 2.71 bits per heavy atom. The van der Waals surface area contributed by atoms with Crippen molar-refractivity contribution in [3.63, 3.8) is 0 Å². The molecule has 1 rings (SSSR count). The summed E-state index contributed by atoms with van der Waals surface area (Å²) in [5.41, 5.74) is 2.29. The normalized spacial score (nSPS) is 9.57. The second-order valence-corrected chi connectivity index (χ2v) is 3.00. The summed E-state index contributed by atoms with van der Waals surface area (Å²) in [6.07, 6.45) is 1.35. The molecule has 74 valence electrons. The largest absolute Gasteiger partial charge is 0.328 e. The van der Waals surface area contributed by atoms with E-state index in [1.165, 1.54) is 6.92 Å². The topological polar surface area (TPSA) is 46.2 Å². The first-order valence-corrected chi connectivity index (χ1v) is 4.53. The molecule has 0 aliphatic heterocycles. The van der Waals surface area contributed by atoms with E-state index in [9.17, 15) is 9.59 Å². The molecule has 0 bridgehead atoms. The van der Waals surface area contributed by atoms with Gasteiger partial charge in [-0.15, -0.1) is 0 Å². The maximum Gasteiger partial charge on any atom is 0.211 e. The summed E-state index contributed by atoms with van der Waals surface area (Å²) in [6.45, 7) is 3.48. The van der Waals surface area contributed by atoms with Crippen molar-refractivity contribution in [1.29, 1.82) is 0 Å². The van der Waals surface area contributed by atoms with Gasteiger partial charge in [-0.05, 0) is 25.0 Å². The van der Waals surface area contributed by atoms with E-state index in [-0.39, 0.29) is 5.78 Å². The van der Waals surface area contributed by atoms with Gasteiger partial charge in [-0.25, -0.2) is 0 Å². The van der Waals surface area contributed by atoms with Crippen molar-refractivity contribution in [3.05, 3.63) is 29.3 Å². The number of amides is 1. The van der Waals surface area contributed by atoms with E-state index >= 15 is 0 Å². The number of rotatable bonds is 4. The number of carbonyl (C=O) groups is 2. The fraction of sp³-hybridized carbons (Fsp3) is 0.273. The molecule has 0 saturated heterocycles. The zero-order valence-electron chi connectivity index (χ0n) is 8.33. The maximum atomic E-state index is 11.3. The minimum absolute atomic E-state index is 0.0244. The predicted octanol–water partition coefficient (Wildman–Crippen LogP) is 2.02. The molecular weight excluding hydrogens is 178 g/mol. The van der Waals surface area contributed by atoms with E-state index in [2.05, 4.69) is 5.32 Å². The van der Waals surface area contributed by atoms with Crippen molar-refractivity contribution >= 4 is 17.9 Å². The highest BCUT2D eigenvalue weighted by Crippen LogP contribution is 2.20. The molecule has 0 atom stereocenters. The van der Waals surface area contributed by atoms with Crippen LogP contribution in [0.3, 0.4) is 0 Å². The van der Waals surface area contributed by atoms with E-state index in [4.69, 9.17) is 0 Å². The quantitative estimate of drug-likeness (QED) is 0.584. The smallest absolute Gasteiger partial charge is 0.211 e. The Morgan fingerprint density at radius 1 is 1.50 bits per heavy atom. The standard InChI is InChI=1S/C11H13NO2/c1-3-9-10(8(2)14)5-4-6-11(9)12-7-13/h4-7H,3H2,1-2H3,(H,12,13). The molecule has 1 N–H and O–H groups in total. The van der Waals surface area contributed by atoms with E-state index in [0.717, 1.165) is 17.7 Å². The van der Waals surface area contributed by atoms with E-state index in [1.54, 1.807) is 18.2 Å². The maximum absolute atomic E-state index is 11.3. The monoisotopic (exact) mass is 191 g/mol. The summed E-state index contributed by atoms with van der Waals surface area (Å²) >= 11 is 0. The van der Waals surface area contributed by atoms with E-state index < -0.39 is 0 Å². The van der Waals surface area contributed by atoms with Crippen LogP contribution < -0.4 is 5.32 Å². The Hall–Kier alpha value is -1.64. The number of hydrogen-bond donors (Lipinski definition) is 1. The van der Waals surface area contributed by atoms with Crippen LogP contribution in [0.5, 0.6) is 0 Å². The van der Waals surface area contributed by atoms with E-state index in [0.29, 0.717) is 12.0 Å². The van der Waals surface area contributed by atoms with Gasteiger partial charge in [0.1, 0.15) is 0 Å². The molecule has 3 nitrogen and oxygen atoms in total. The van der Waals surface area contributed by atoms with Crippen LogP contribution in [0.15, 0.2) is 18.2 Å². The van der Waals surface area contributed by atoms with Gasteiger partial charge in [0.05, 0.1) is 0 Å². The zero-order valence-corrected chi connectivity index (χ0v) is 8.33. The molecule has 14 heavy (non-hydrogen) atoms. The first-order chi connectivity index (χ1) is 6.70. The third-order valence-electron chi connectivity index (χ3n) is 2.12. The van der Waals surface area contributed by atoms with Gasteiger partial charge in [0.15, 0.2) is 5.78 Å². The van der Waals surface area contributed by atoms with E-state index in [1.807, 2.05) is 6.92 Å². The highest BCUT2D eigenvalue weighted by Gasteiger charge is 2.09. The Labute approximate surface area is 83.1 Å². The lowest BCUT2D eigenvalue weighted by molar-refractivity contribution is -0.105. The third-order valence-corrected chi connectivity index (χ3v) is 2.12. The number of hydrogen-bond acceptors (Lipinski definition) is 2. The van der Waals surface area contributed by atoms with Gasteiger partial charge in [-0.3, -0.25) is 9.59 Å². The van der Waals surface area contributed by atoms with Crippen LogP contribution in [-0.2, 0) is 11.2 Å². The molecule has 1 amide bonds. The van der Waals surface area contributed by atoms with Gasteiger partial charge in [0, 0.05) is 11.3 Å². The fourth-order valence-corrected chi connectivity index (χ4v) is 1.50. The van der Waals surface area contributed by atoms with Gasteiger partial charge >= 0.3 is 0 Å². The molecule has 0 saturated carbocycles. The summed E-state index contributed by atoms with van der Waals surface area (Å²) in [6, 6.07) is 5.33. The van der Waals surface area contributed by atoms with Crippen molar-refractivity contribution < 1.29 is 9.59 Å². The number of nitrogens with one attached hydrogen (secondary N) is 1. The van der Waals surface area contributed by atoms with Crippen molar-refractivity contribution in [2.24, 2.45) is 0 Å². The Morgan fingerprint density at radius 2 is 2.21 bits per heavy atom. The van der Waals surface area contributed by atoms with Gasteiger partial charge < -0.3 is 5.32 Å². The SMILES string of the molecule is CCc1c(NC=O)cccc1C(C)=O. The number of carbonyl (C=O) groups excluding carboxylic acids is 2. The number of ketones is 1. The first-order valence-electron chi connectivity index (χ1n) is 4.53. The lowest BCUT2D eigenvalue weighted by atomic mass is 10.0. The van der Waals surface area contributed by atoms with Gasteiger partial charge in [-0.2, -0.15) is 0 Å². The first kappa shape index (κ1) is 10.4. The third kappa shape index (κ3) is 1.99. The highest BCUT2D eigenvalue weighted by molar-refractivity contribution is 5.97. The lowest BCUT2D eigenvalue weighted by Gasteiger charge is -2.09. The molecule has 0 spiro atoms. The molecule has 1 aromatic carbocycles. The molecule has 0 aliphatic carbocycles. The van der Waals surface area contributed by atoms with Gasteiger partial charge in [-0.1, -0.05) is 19.1 Å². The number of anilines is 1. The second kappa shape index (κ2) is 4.56. The van der Waals surface area contributed by atoms with Gasteiger partial charge in [0.25, 0.3) is 0 Å². The van der Waals surface area contributed by atoms with Crippen molar-refractivity contribution in [1.82, 2.24) is 0 Å². The second-order valence-electron chi connectivity index (χ2n) is 3.00. The van der Waals surface area contributed by atoms with Crippen molar-refractivity contribution in [3.8, 4) is 0 Å². The molecular formula is C11H13NO2. The van der Waals surface area contributed by atoms with Crippen LogP contribution in [0.4, 0.5) is 5.69 Å². The van der Waals surface area contributed by atoms with Crippen LogP contribution >= 0.6 is 0 Å². The molecule has 0 aromatic heterocycles. The predicted molar refractivity (Wildman–Crippen MR) is 55.5 cm³/mol. The summed E-state index contributed by atoms with van der Waals surface area (Å²) < 4.78 is 0. The van der Waals surface area contributed by atoms with Gasteiger partial charge in [0.2, 0.25) is 6.41 Å². The van der Waals surface area contributed by atoms with Crippen LogP contribution in [0.2, 0.25) is 0 Å². The molecule has 0 heterocycles. The molecule has 0 unspecified atom stereocenters. The molecule has 0 fully saturated rings. The Bertz CT molecular complexity index is 358. The molecule has 3 heteroatoms. The number of benzene rings is 1. The Balaban J connectivity index is 3.24. The van der Waals surface area contributed by atoms with Crippen molar-refractivity contribution in [2.75, 3.05) is 5.32 Å². The van der Waals surface area contributed by atoms with Crippen LogP contribution in [0.25, 0.3) is 0 Å². The minimum Gasteiger partial charge on any atom is -0.328 e. The minimum atomic E-state index is 0.0244. The summed E-state index contributed by atoms with van der Waals surface area (Å²) in [7, 11) is 0. The van der Waals surface area contributed by atoms with Crippen LogP contribution in [-0.4, -0.2) is 12.2 Å². The summed E-state index contributed by atoms with van der Waals surface area (Å²) in [5, 5.41) is 2.59.